The molecule has 0 aliphatic carbocycles. The van der Waals surface area contributed by atoms with E-state index < -0.39 is 8.07 Å². The summed E-state index contributed by atoms with van der Waals surface area (Å²) in [6.07, 6.45) is 0. The van der Waals surface area contributed by atoms with Crippen LogP contribution in [0.2, 0.25) is 0 Å². The Kier molecular flexibility index (Phi) is 7.53. The Morgan fingerprint density at radius 1 is 0.389 bits per heavy atom. The first-order valence-electron chi connectivity index (χ1n) is 18.8. The topological polar surface area (TPSA) is 18.1 Å². The molecule has 0 spiro atoms. The molecule has 0 bridgehead atoms. The van der Waals surface area contributed by atoms with E-state index in [4.69, 9.17) is 4.42 Å². The van der Waals surface area contributed by atoms with Crippen LogP contribution in [0.15, 0.2) is 205 Å². The van der Waals surface area contributed by atoms with Crippen LogP contribution in [0.4, 0.5) is 0 Å². The summed E-state index contributed by atoms with van der Waals surface area (Å²) in [5.74, 6) is 0. The summed E-state index contributed by atoms with van der Waals surface area (Å²) in [5.41, 5.74) is 7.59. The fourth-order valence-electron chi connectivity index (χ4n) is 8.87. The lowest BCUT2D eigenvalue weighted by Gasteiger charge is -2.47. The maximum Gasteiger partial charge on any atom is 0.135 e. The molecule has 54 heavy (non-hydrogen) atoms. The van der Waals surface area contributed by atoms with Crippen LogP contribution < -0.4 is 20.7 Å². The third-order valence-corrected chi connectivity index (χ3v) is 16.4. The molecular weight excluding hydrogens is 671 g/mol. The van der Waals surface area contributed by atoms with E-state index in [9.17, 15) is 0 Å². The average molecular weight is 710 g/mol. The smallest absolute Gasteiger partial charge is 0.135 e. The predicted octanol–water partition coefficient (Wildman–Crippen LogP) is 10.4. The lowest BCUT2D eigenvalue weighted by molar-refractivity contribution is 0.640. The molecule has 0 N–H and O–H groups in total. The van der Waals surface area contributed by atoms with Crippen LogP contribution >= 0.6 is 0 Å². The van der Waals surface area contributed by atoms with Crippen molar-refractivity contribution in [3.05, 3.63) is 211 Å². The van der Waals surface area contributed by atoms with E-state index in [2.05, 4.69) is 219 Å². The molecule has 259 valence electrons. The Morgan fingerprint density at radius 3 is 1.43 bits per heavy atom. The maximum absolute atomic E-state index is 6.48. The Labute approximate surface area is 316 Å². The summed E-state index contributed by atoms with van der Waals surface area (Å²) in [4.78, 5) is 0. The molecule has 10 aromatic rings. The Hall–Kier alpha value is -6.42. The monoisotopic (exact) mass is 709 g/mol. The second kappa shape index (κ2) is 12.6. The molecule has 10 rings (SSSR count). The van der Waals surface area contributed by atoms with Gasteiger partial charge in [0, 0.05) is 32.6 Å². The molecule has 3 heteroatoms. The lowest BCUT2D eigenvalue weighted by Crippen LogP contribution is -2.74. The Morgan fingerprint density at radius 2 is 0.852 bits per heavy atom. The van der Waals surface area contributed by atoms with Gasteiger partial charge < -0.3 is 8.98 Å². The van der Waals surface area contributed by atoms with Crippen molar-refractivity contribution in [2.45, 2.75) is 19.3 Å². The van der Waals surface area contributed by atoms with Crippen molar-refractivity contribution in [2.75, 3.05) is 0 Å². The van der Waals surface area contributed by atoms with Gasteiger partial charge in [0.25, 0.3) is 0 Å². The van der Waals surface area contributed by atoms with Crippen molar-refractivity contribution in [2.24, 2.45) is 0 Å². The third kappa shape index (κ3) is 4.93. The molecule has 8 aromatic carbocycles. The van der Waals surface area contributed by atoms with E-state index in [1.807, 2.05) is 0 Å². The van der Waals surface area contributed by atoms with Crippen molar-refractivity contribution in [3.63, 3.8) is 0 Å². The molecule has 0 aliphatic heterocycles. The molecule has 0 radical (unpaired) electrons. The number of hydrogen-bond acceptors (Lipinski definition) is 1. The zero-order chi connectivity index (χ0) is 36.3. The van der Waals surface area contributed by atoms with Gasteiger partial charge in [-0.05, 0) is 61.7 Å². The molecule has 0 unspecified atom stereocenters. The summed E-state index contributed by atoms with van der Waals surface area (Å²) >= 11 is 0. The van der Waals surface area contributed by atoms with E-state index in [0.717, 1.165) is 27.6 Å². The predicted molar refractivity (Wildman–Crippen MR) is 230 cm³/mol. The maximum atomic E-state index is 6.48. The summed E-state index contributed by atoms with van der Waals surface area (Å²) in [6.45, 7) is 4.71. The number of benzene rings is 8. The summed E-state index contributed by atoms with van der Waals surface area (Å²) in [7, 11) is -2.67. The van der Waals surface area contributed by atoms with E-state index in [1.165, 1.54) is 53.7 Å². The van der Waals surface area contributed by atoms with Crippen LogP contribution in [0.3, 0.4) is 0 Å². The third-order valence-electron chi connectivity index (χ3n) is 11.7. The number of fused-ring (bicyclic) bond motifs is 6. The van der Waals surface area contributed by atoms with Crippen LogP contribution in [-0.2, 0) is 5.41 Å². The highest BCUT2D eigenvalue weighted by atomic mass is 28.3. The molecule has 0 amide bonds. The van der Waals surface area contributed by atoms with Crippen molar-refractivity contribution in [3.8, 4) is 5.69 Å². The van der Waals surface area contributed by atoms with Gasteiger partial charge in [-0.2, -0.15) is 20.7 Å². The molecule has 0 aliphatic rings. The van der Waals surface area contributed by atoms with Crippen LogP contribution in [-0.4, -0.2) is 12.6 Å². The van der Waals surface area contributed by atoms with Crippen LogP contribution in [0, 0.1) is 0 Å². The van der Waals surface area contributed by atoms with Gasteiger partial charge in [0.05, 0.1) is 11.0 Å². The second-order valence-corrected chi connectivity index (χ2v) is 18.7. The van der Waals surface area contributed by atoms with Crippen molar-refractivity contribution < 1.29 is 4.42 Å². The fourth-order valence-corrected chi connectivity index (χ4v) is 13.7. The number of hydrogen-bond donors (Lipinski definition) is 0. The number of rotatable bonds is 7. The Bertz CT molecular complexity index is 2810. The van der Waals surface area contributed by atoms with Crippen LogP contribution in [0.5, 0.6) is 0 Å². The average Bonchev–Trinajstić information content (AvgIpc) is 3.77. The first kappa shape index (κ1) is 32.2. The molecule has 0 saturated carbocycles. The number of aromatic nitrogens is 1. The standard InChI is InChI=1S/C51H39NOSi/c1-51(2,36-17-16-24-42(33-36)54(39-18-6-3-7-19-39,40-20-8-4-9-21-40)41-22-10-5-11-23-41)37-29-31-49-45(34-37)46-35-38(30-32-50(46)53-49)52-47-27-14-12-25-43(47)44-26-13-15-28-48(44)52/h3-35H,1-2H3/q-1. The van der Waals surface area contributed by atoms with Gasteiger partial charge >= 0.3 is 0 Å². The quantitative estimate of drug-likeness (QED) is 0.119. The number of nitrogens with zero attached hydrogens (tertiary/aromatic N) is 1. The minimum atomic E-state index is -2.67. The van der Waals surface area contributed by atoms with Crippen LogP contribution in [0.25, 0.3) is 49.4 Å². The summed E-state index contributed by atoms with van der Waals surface area (Å²) in [6, 6.07) is 73.7. The summed E-state index contributed by atoms with van der Waals surface area (Å²) in [5, 5.41) is 10.3. The second-order valence-electron chi connectivity index (χ2n) is 14.9. The van der Waals surface area contributed by atoms with E-state index in [-0.39, 0.29) is 5.41 Å². The highest BCUT2D eigenvalue weighted by molar-refractivity contribution is 7.19. The van der Waals surface area contributed by atoms with Gasteiger partial charge in [0.1, 0.15) is 11.2 Å². The van der Waals surface area contributed by atoms with Gasteiger partial charge in [0.2, 0.25) is 0 Å². The molecule has 2 heterocycles. The highest BCUT2D eigenvalue weighted by Crippen LogP contribution is 2.38. The molecule has 2 aromatic heterocycles. The van der Waals surface area contributed by atoms with Crippen molar-refractivity contribution >= 4 is 72.6 Å². The molecule has 0 saturated heterocycles. The molecule has 0 atom stereocenters. The Balaban J connectivity index is 1.13. The van der Waals surface area contributed by atoms with E-state index in [1.54, 1.807) is 0 Å². The first-order valence-corrected chi connectivity index (χ1v) is 20.8. The van der Waals surface area contributed by atoms with Gasteiger partial charge in [-0.15, -0.1) is 0 Å². The summed E-state index contributed by atoms with van der Waals surface area (Å²) < 4.78 is 8.86. The van der Waals surface area contributed by atoms with Gasteiger partial charge in [-0.25, -0.2) is 0 Å². The minimum absolute atomic E-state index is 0.289. The van der Waals surface area contributed by atoms with Crippen molar-refractivity contribution in [1.29, 1.82) is 0 Å². The van der Waals surface area contributed by atoms with Gasteiger partial charge in [-0.3, -0.25) is 0 Å². The SMILES string of the molecule is CC(C)(c1cccc([Si-](c2ccccc2)(c2ccccc2)c2ccccc2)c1)c1ccc2oc3ccc(-n4c5ccccc5c5ccccc54)cc3c2c1. The fraction of sp³-hybridized carbons (Fsp3) is 0.0588. The largest absolute Gasteiger partial charge is 0.456 e. The van der Waals surface area contributed by atoms with Crippen LogP contribution in [0.1, 0.15) is 25.0 Å². The number of furan rings is 1. The zero-order valence-electron chi connectivity index (χ0n) is 30.4. The number of para-hydroxylation sites is 2. The molecule has 0 fully saturated rings. The normalized spacial score (nSPS) is 12.3. The first-order chi connectivity index (χ1) is 26.5. The highest BCUT2D eigenvalue weighted by Gasteiger charge is 2.30. The van der Waals surface area contributed by atoms with E-state index in [0.29, 0.717) is 0 Å². The molecule has 2 nitrogen and oxygen atoms in total. The molecular formula is C51H39NOSi-. The zero-order valence-corrected chi connectivity index (χ0v) is 31.4. The van der Waals surface area contributed by atoms with E-state index >= 15 is 0 Å². The van der Waals surface area contributed by atoms with Gasteiger partial charge in [0.15, 0.2) is 0 Å². The van der Waals surface area contributed by atoms with Gasteiger partial charge in [-0.1, -0.05) is 172 Å². The lowest BCUT2D eigenvalue weighted by atomic mass is 9.78. The van der Waals surface area contributed by atoms with Crippen molar-refractivity contribution in [1.82, 2.24) is 4.57 Å². The minimum Gasteiger partial charge on any atom is -0.456 e.